The van der Waals surface area contributed by atoms with Gasteiger partial charge in [-0.25, -0.2) is 0 Å². The number of aliphatic hydroxyl groups excluding tert-OH is 1. The molecular formula is C15H21NO2S. The first kappa shape index (κ1) is 15.7. The number of rotatable bonds is 5. The normalized spacial score (nSPS) is 10.7. The highest BCUT2D eigenvalue weighted by atomic mass is 32.1. The molecular weight excluding hydrogens is 258 g/mol. The molecule has 0 unspecified atom stereocenters. The van der Waals surface area contributed by atoms with E-state index in [4.69, 9.17) is 5.11 Å². The number of carbonyl (C=O) groups is 1. The number of amides is 1. The summed E-state index contributed by atoms with van der Waals surface area (Å²) < 4.78 is 0. The molecule has 1 heterocycles. The maximum atomic E-state index is 12.1. The minimum atomic E-state index is -0.151. The van der Waals surface area contributed by atoms with Gasteiger partial charge >= 0.3 is 0 Å². The molecule has 1 amide bonds. The Morgan fingerprint density at radius 1 is 1.47 bits per heavy atom. The zero-order chi connectivity index (χ0) is 14.3. The van der Waals surface area contributed by atoms with Gasteiger partial charge in [0.1, 0.15) is 0 Å². The van der Waals surface area contributed by atoms with Crippen LogP contribution in [0, 0.1) is 11.8 Å². The van der Waals surface area contributed by atoms with E-state index in [1.54, 1.807) is 6.07 Å². The van der Waals surface area contributed by atoms with Crippen molar-refractivity contribution in [1.82, 2.24) is 5.32 Å². The molecule has 1 rings (SSSR count). The summed E-state index contributed by atoms with van der Waals surface area (Å²) in [7, 11) is 0. The Bertz CT molecular complexity index is 478. The molecule has 0 aliphatic carbocycles. The van der Waals surface area contributed by atoms with E-state index < -0.39 is 0 Å². The molecule has 19 heavy (non-hydrogen) atoms. The number of thiophene rings is 1. The van der Waals surface area contributed by atoms with Crippen molar-refractivity contribution >= 4 is 17.2 Å². The molecule has 3 nitrogen and oxygen atoms in total. The number of carbonyl (C=O) groups excluding carboxylic acids is 1. The molecule has 0 radical (unpaired) electrons. The van der Waals surface area contributed by atoms with E-state index in [9.17, 15) is 4.79 Å². The summed E-state index contributed by atoms with van der Waals surface area (Å²) in [5.41, 5.74) is 0.508. The van der Waals surface area contributed by atoms with Crippen molar-refractivity contribution in [1.29, 1.82) is 0 Å². The second kappa shape index (κ2) is 7.32. The minimum Gasteiger partial charge on any atom is -0.395 e. The van der Waals surface area contributed by atoms with Crippen LogP contribution in [0.25, 0.3) is 0 Å². The Kier molecular flexibility index (Phi) is 6.07. The Morgan fingerprint density at radius 3 is 2.74 bits per heavy atom. The first-order valence-electron chi connectivity index (χ1n) is 6.55. The maximum Gasteiger partial charge on any atom is 0.252 e. The third-order valence-corrected chi connectivity index (χ3v) is 4.13. The fourth-order valence-electron chi connectivity index (χ4n) is 1.50. The topological polar surface area (TPSA) is 49.3 Å². The summed E-state index contributed by atoms with van der Waals surface area (Å²) in [5, 5.41) is 13.5. The summed E-state index contributed by atoms with van der Waals surface area (Å²) in [5.74, 6) is 5.75. The van der Waals surface area contributed by atoms with Crippen molar-refractivity contribution in [3.05, 3.63) is 21.9 Å². The predicted octanol–water partition coefficient (Wildman–Crippen LogP) is 2.79. The molecule has 0 fully saturated rings. The van der Waals surface area contributed by atoms with Gasteiger partial charge in [0.2, 0.25) is 0 Å². The highest BCUT2D eigenvalue weighted by molar-refractivity contribution is 7.10. The fourth-order valence-corrected chi connectivity index (χ4v) is 2.25. The van der Waals surface area contributed by atoms with Crippen molar-refractivity contribution in [2.45, 2.75) is 45.6 Å². The van der Waals surface area contributed by atoms with Crippen molar-refractivity contribution in [2.24, 2.45) is 0 Å². The van der Waals surface area contributed by atoms with E-state index in [0.717, 1.165) is 17.7 Å². The third kappa shape index (κ3) is 4.70. The lowest BCUT2D eigenvalue weighted by molar-refractivity contribution is 0.0901. The molecule has 4 heteroatoms. The summed E-state index contributed by atoms with van der Waals surface area (Å²) in [6, 6.07) is 1.80. The van der Waals surface area contributed by atoms with E-state index in [-0.39, 0.29) is 18.1 Å². The van der Waals surface area contributed by atoms with Crippen LogP contribution in [0.5, 0.6) is 0 Å². The summed E-state index contributed by atoms with van der Waals surface area (Å²) >= 11 is 1.45. The zero-order valence-corrected chi connectivity index (χ0v) is 12.6. The van der Waals surface area contributed by atoms with Gasteiger partial charge in [-0.15, -0.1) is 11.3 Å². The second-order valence-electron chi connectivity index (χ2n) is 4.70. The Morgan fingerprint density at radius 2 is 2.16 bits per heavy atom. The van der Waals surface area contributed by atoms with Crippen LogP contribution in [-0.4, -0.2) is 23.2 Å². The number of hydrogen-bond donors (Lipinski definition) is 2. The van der Waals surface area contributed by atoms with E-state index in [2.05, 4.69) is 37.9 Å². The Balaban J connectivity index is 2.72. The maximum absolute atomic E-state index is 12.1. The van der Waals surface area contributed by atoms with Crippen LogP contribution in [0.4, 0.5) is 0 Å². The first-order chi connectivity index (χ1) is 9.04. The van der Waals surface area contributed by atoms with Gasteiger partial charge in [0.25, 0.3) is 5.91 Å². The van der Waals surface area contributed by atoms with Gasteiger partial charge in [-0.1, -0.05) is 25.7 Å². The molecule has 0 saturated heterocycles. The average Bonchev–Trinajstić information content (AvgIpc) is 2.88. The molecule has 0 bridgehead atoms. The van der Waals surface area contributed by atoms with Gasteiger partial charge in [-0.3, -0.25) is 4.79 Å². The lowest BCUT2D eigenvalue weighted by atomic mass is 9.95. The fraction of sp³-hybridized carbons (Fsp3) is 0.533. The zero-order valence-electron chi connectivity index (χ0n) is 11.7. The van der Waals surface area contributed by atoms with Crippen molar-refractivity contribution in [2.75, 3.05) is 6.61 Å². The minimum absolute atomic E-state index is 0.0438. The summed E-state index contributed by atoms with van der Waals surface area (Å²) in [6.45, 7) is 6.27. The van der Waals surface area contributed by atoms with Gasteiger partial charge in [0.05, 0.1) is 17.0 Å². The van der Waals surface area contributed by atoms with E-state index in [1.807, 2.05) is 5.38 Å². The lowest BCUT2D eigenvalue weighted by Gasteiger charge is -2.27. The summed E-state index contributed by atoms with van der Waals surface area (Å²) in [6.07, 6.45) is 2.27. The van der Waals surface area contributed by atoms with Crippen LogP contribution in [0.15, 0.2) is 11.4 Å². The van der Waals surface area contributed by atoms with E-state index in [0.29, 0.717) is 12.0 Å². The molecule has 0 aliphatic heterocycles. The van der Waals surface area contributed by atoms with Crippen LogP contribution < -0.4 is 5.32 Å². The van der Waals surface area contributed by atoms with Gasteiger partial charge in [-0.2, -0.15) is 0 Å². The Hall–Kier alpha value is -1.31. The van der Waals surface area contributed by atoms with E-state index in [1.165, 1.54) is 11.3 Å². The van der Waals surface area contributed by atoms with Crippen LogP contribution >= 0.6 is 11.3 Å². The lowest BCUT2D eigenvalue weighted by Crippen LogP contribution is -2.44. The number of aliphatic hydroxyl groups is 1. The predicted molar refractivity (Wildman–Crippen MR) is 79.4 cm³/mol. The van der Waals surface area contributed by atoms with E-state index >= 15 is 0 Å². The number of hydrogen-bond acceptors (Lipinski definition) is 3. The molecule has 0 spiro atoms. The average molecular weight is 279 g/mol. The van der Waals surface area contributed by atoms with Crippen LogP contribution in [-0.2, 0) is 0 Å². The molecule has 0 aliphatic rings. The molecule has 0 atom stereocenters. The monoisotopic (exact) mass is 279 g/mol. The Labute approximate surface area is 119 Å². The molecule has 1 aromatic rings. The van der Waals surface area contributed by atoms with Gasteiger partial charge < -0.3 is 10.4 Å². The standard InChI is InChI=1S/C15H21NO2S/c1-4-15(3,5-2)16-14(18)12-10-13(19-11-12)8-6-7-9-17/h10-11,17H,4-5,7,9H2,1-3H3,(H,16,18). The third-order valence-electron chi connectivity index (χ3n) is 3.29. The smallest absolute Gasteiger partial charge is 0.252 e. The number of nitrogens with one attached hydrogen (secondary N) is 1. The second-order valence-corrected chi connectivity index (χ2v) is 5.61. The van der Waals surface area contributed by atoms with Gasteiger partial charge in [-0.05, 0) is 25.8 Å². The molecule has 0 aromatic carbocycles. The highest BCUT2D eigenvalue weighted by Gasteiger charge is 2.22. The molecule has 104 valence electrons. The molecule has 2 N–H and O–H groups in total. The van der Waals surface area contributed by atoms with Crippen molar-refractivity contribution in [3.8, 4) is 11.8 Å². The largest absolute Gasteiger partial charge is 0.395 e. The van der Waals surface area contributed by atoms with Crippen molar-refractivity contribution in [3.63, 3.8) is 0 Å². The molecule has 0 saturated carbocycles. The van der Waals surface area contributed by atoms with Crippen molar-refractivity contribution < 1.29 is 9.90 Å². The van der Waals surface area contributed by atoms with Crippen LogP contribution in [0.1, 0.15) is 55.3 Å². The molecule has 1 aromatic heterocycles. The van der Waals surface area contributed by atoms with Gasteiger partial charge in [0, 0.05) is 17.3 Å². The quantitative estimate of drug-likeness (QED) is 0.814. The van der Waals surface area contributed by atoms with Crippen LogP contribution in [0.2, 0.25) is 0 Å². The highest BCUT2D eigenvalue weighted by Crippen LogP contribution is 2.18. The SMILES string of the molecule is CCC(C)(CC)NC(=O)c1csc(C#CCCO)c1. The summed E-state index contributed by atoms with van der Waals surface area (Å²) in [4.78, 5) is 13.0. The van der Waals surface area contributed by atoms with Crippen LogP contribution in [0.3, 0.4) is 0 Å². The first-order valence-corrected chi connectivity index (χ1v) is 7.43. The van der Waals surface area contributed by atoms with Gasteiger partial charge in [0.15, 0.2) is 0 Å².